The molecule has 2 fully saturated rings. The standard InChI is InChI=1S/C18H25N3O2/c1-13-3-4-15(11-14(13)2)18(23)21-9-7-20(8-10-21)12-17(22)19-16-5-6-16/h3-4,11,16H,5-10,12H2,1-2H3,(H,19,22). The first-order valence-electron chi connectivity index (χ1n) is 8.41. The Hall–Kier alpha value is -1.88. The van der Waals surface area contributed by atoms with Gasteiger partial charge in [0.05, 0.1) is 6.54 Å². The van der Waals surface area contributed by atoms with Gasteiger partial charge in [0.25, 0.3) is 5.91 Å². The van der Waals surface area contributed by atoms with Crippen molar-refractivity contribution in [1.29, 1.82) is 0 Å². The second kappa shape index (κ2) is 6.71. The molecule has 2 aliphatic rings. The van der Waals surface area contributed by atoms with E-state index in [4.69, 9.17) is 0 Å². The molecule has 1 aromatic rings. The molecule has 5 nitrogen and oxygen atoms in total. The SMILES string of the molecule is Cc1ccc(C(=O)N2CCN(CC(=O)NC3CC3)CC2)cc1C. The topological polar surface area (TPSA) is 52.7 Å². The minimum Gasteiger partial charge on any atom is -0.352 e. The number of nitrogens with zero attached hydrogens (tertiary/aromatic N) is 2. The van der Waals surface area contributed by atoms with Gasteiger partial charge in [-0.05, 0) is 49.9 Å². The van der Waals surface area contributed by atoms with E-state index in [1.165, 1.54) is 5.56 Å². The summed E-state index contributed by atoms with van der Waals surface area (Å²) in [6, 6.07) is 6.28. The summed E-state index contributed by atoms with van der Waals surface area (Å²) in [5, 5.41) is 3.01. The summed E-state index contributed by atoms with van der Waals surface area (Å²) in [6.45, 7) is 7.41. The van der Waals surface area contributed by atoms with Crippen molar-refractivity contribution in [2.75, 3.05) is 32.7 Å². The van der Waals surface area contributed by atoms with Crippen molar-refractivity contribution in [3.05, 3.63) is 34.9 Å². The van der Waals surface area contributed by atoms with Crippen LogP contribution in [0.4, 0.5) is 0 Å². The molecule has 5 heteroatoms. The van der Waals surface area contributed by atoms with E-state index >= 15 is 0 Å². The smallest absolute Gasteiger partial charge is 0.253 e. The Kier molecular flexibility index (Phi) is 4.66. The third-order valence-electron chi connectivity index (χ3n) is 4.72. The predicted octanol–water partition coefficient (Wildman–Crippen LogP) is 1.34. The summed E-state index contributed by atoms with van der Waals surface area (Å²) in [5.74, 6) is 0.205. The van der Waals surface area contributed by atoms with Gasteiger partial charge in [-0.2, -0.15) is 0 Å². The zero-order chi connectivity index (χ0) is 16.4. The lowest BCUT2D eigenvalue weighted by Crippen LogP contribution is -2.51. The normalized spacial score (nSPS) is 18.8. The number of aryl methyl sites for hydroxylation is 2. The number of piperazine rings is 1. The molecule has 2 amide bonds. The molecule has 124 valence electrons. The van der Waals surface area contributed by atoms with Crippen LogP contribution in [0.5, 0.6) is 0 Å². The van der Waals surface area contributed by atoms with E-state index in [1.54, 1.807) is 0 Å². The van der Waals surface area contributed by atoms with E-state index in [2.05, 4.69) is 17.1 Å². The highest BCUT2D eigenvalue weighted by atomic mass is 16.2. The van der Waals surface area contributed by atoms with E-state index in [0.29, 0.717) is 25.7 Å². The van der Waals surface area contributed by atoms with Gasteiger partial charge in [0.2, 0.25) is 5.91 Å². The van der Waals surface area contributed by atoms with Crippen molar-refractivity contribution < 1.29 is 9.59 Å². The molecule has 23 heavy (non-hydrogen) atoms. The highest BCUT2D eigenvalue weighted by Gasteiger charge is 2.26. The summed E-state index contributed by atoms with van der Waals surface area (Å²) in [6.07, 6.45) is 2.23. The first-order chi connectivity index (χ1) is 11.0. The average molecular weight is 315 g/mol. The molecule has 1 saturated carbocycles. The molecule has 1 saturated heterocycles. The summed E-state index contributed by atoms with van der Waals surface area (Å²) in [4.78, 5) is 28.4. The van der Waals surface area contributed by atoms with Gasteiger partial charge in [-0.15, -0.1) is 0 Å². The van der Waals surface area contributed by atoms with Crippen LogP contribution in [0.15, 0.2) is 18.2 Å². The number of carbonyl (C=O) groups excluding carboxylic acids is 2. The van der Waals surface area contributed by atoms with Crippen LogP contribution in [0, 0.1) is 13.8 Å². The van der Waals surface area contributed by atoms with E-state index in [9.17, 15) is 9.59 Å². The fourth-order valence-electron chi connectivity index (χ4n) is 2.87. The van der Waals surface area contributed by atoms with Crippen molar-refractivity contribution in [2.24, 2.45) is 0 Å². The van der Waals surface area contributed by atoms with Crippen LogP contribution in [0.2, 0.25) is 0 Å². The van der Waals surface area contributed by atoms with Gasteiger partial charge in [-0.25, -0.2) is 0 Å². The Morgan fingerprint density at radius 1 is 1.09 bits per heavy atom. The van der Waals surface area contributed by atoms with Crippen molar-refractivity contribution >= 4 is 11.8 Å². The maximum Gasteiger partial charge on any atom is 0.253 e. The Morgan fingerprint density at radius 2 is 1.78 bits per heavy atom. The molecule has 0 bridgehead atoms. The van der Waals surface area contributed by atoms with E-state index in [-0.39, 0.29) is 11.8 Å². The number of rotatable bonds is 4. The number of hydrogen-bond acceptors (Lipinski definition) is 3. The van der Waals surface area contributed by atoms with Crippen molar-refractivity contribution in [2.45, 2.75) is 32.7 Å². The first-order valence-corrected chi connectivity index (χ1v) is 8.41. The lowest BCUT2D eigenvalue weighted by atomic mass is 10.1. The molecule has 0 unspecified atom stereocenters. The molecular formula is C18H25N3O2. The van der Waals surface area contributed by atoms with Crippen LogP contribution in [-0.2, 0) is 4.79 Å². The molecular weight excluding hydrogens is 290 g/mol. The second-order valence-corrected chi connectivity index (χ2v) is 6.71. The maximum absolute atomic E-state index is 12.6. The Balaban J connectivity index is 1.50. The van der Waals surface area contributed by atoms with Crippen molar-refractivity contribution in [3.8, 4) is 0 Å². The van der Waals surface area contributed by atoms with E-state index < -0.39 is 0 Å². The van der Waals surface area contributed by atoms with Gasteiger partial charge in [-0.1, -0.05) is 6.07 Å². The fraction of sp³-hybridized carbons (Fsp3) is 0.556. The fourth-order valence-corrected chi connectivity index (χ4v) is 2.87. The predicted molar refractivity (Wildman–Crippen MR) is 89.4 cm³/mol. The van der Waals surface area contributed by atoms with Gasteiger partial charge in [0, 0.05) is 37.8 Å². The van der Waals surface area contributed by atoms with Crippen molar-refractivity contribution in [1.82, 2.24) is 15.1 Å². The third kappa shape index (κ3) is 4.10. The number of benzene rings is 1. The molecule has 3 rings (SSSR count). The largest absolute Gasteiger partial charge is 0.352 e. The maximum atomic E-state index is 12.6. The Labute approximate surface area is 137 Å². The molecule has 0 spiro atoms. The molecule has 0 aromatic heterocycles. The van der Waals surface area contributed by atoms with E-state index in [1.807, 2.05) is 30.0 Å². The van der Waals surface area contributed by atoms with Gasteiger partial charge < -0.3 is 10.2 Å². The minimum absolute atomic E-state index is 0.0928. The minimum atomic E-state index is 0.0928. The average Bonchev–Trinajstić information content (AvgIpc) is 3.34. The third-order valence-corrected chi connectivity index (χ3v) is 4.72. The van der Waals surface area contributed by atoms with Crippen LogP contribution >= 0.6 is 0 Å². The Morgan fingerprint density at radius 3 is 2.39 bits per heavy atom. The van der Waals surface area contributed by atoms with Crippen molar-refractivity contribution in [3.63, 3.8) is 0 Å². The first kappa shape index (κ1) is 16.0. The molecule has 1 heterocycles. The quantitative estimate of drug-likeness (QED) is 0.912. The van der Waals surface area contributed by atoms with Gasteiger partial charge in [-0.3, -0.25) is 14.5 Å². The van der Waals surface area contributed by atoms with Gasteiger partial charge >= 0.3 is 0 Å². The van der Waals surface area contributed by atoms with Gasteiger partial charge in [0.15, 0.2) is 0 Å². The number of carbonyl (C=O) groups is 2. The lowest BCUT2D eigenvalue weighted by molar-refractivity contribution is -0.122. The van der Waals surface area contributed by atoms with Crippen LogP contribution in [0.1, 0.15) is 34.3 Å². The lowest BCUT2D eigenvalue weighted by Gasteiger charge is -2.34. The molecule has 0 radical (unpaired) electrons. The number of nitrogens with one attached hydrogen (secondary N) is 1. The zero-order valence-electron chi connectivity index (χ0n) is 14.0. The van der Waals surface area contributed by atoms with Crippen LogP contribution in [0.25, 0.3) is 0 Å². The molecule has 1 aliphatic carbocycles. The summed E-state index contributed by atoms with van der Waals surface area (Å²) >= 11 is 0. The van der Waals surface area contributed by atoms with E-state index in [0.717, 1.165) is 37.1 Å². The second-order valence-electron chi connectivity index (χ2n) is 6.71. The van der Waals surface area contributed by atoms with Crippen LogP contribution < -0.4 is 5.32 Å². The summed E-state index contributed by atoms with van der Waals surface area (Å²) in [5.41, 5.74) is 3.10. The van der Waals surface area contributed by atoms with Crippen LogP contribution in [-0.4, -0.2) is 60.4 Å². The Bertz CT molecular complexity index is 602. The van der Waals surface area contributed by atoms with Gasteiger partial charge in [0.1, 0.15) is 0 Å². The van der Waals surface area contributed by atoms with Crippen LogP contribution in [0.3, 0.4) is 0 Å². The molecule has 1 aromatic carbocycles. The number of hydrogen-bond donors (Lipinski definition) is 1. The highest BCUT2D eigenvalue weighted by Crippen LogP contribution is 2.18. The monoisotopic (exact) mass is 315 g/mol. The molecule has 1 N–H and O–H groups in total. The number of amides is 2. The summed E-state index contributed by atoms with van der Waals surface area (Å²) < 4.78 is 0. The highest BCUT2D eigenvalue weighted by molar-refractivity contribution is 5.94. The summed E-state index contributed by atoms with van der Waals surface area (Å²) in [7, 11) is 0. The molecule has 0 atom stereocenters. The zero-order valence-corrected chi connectivity index (χ0v) is 14.0. The molecule has 1 aliphatic heterocycles.